The van der Waals surface area contributed by atoms with Crippen LogP contribution in [0, 0.1) is 6.92 Å². The molecule has 0 bridgehead atoms. The fourth-order valence-electron chi connectivity index (χ4n) is 3.31. The van der Waals surface area contributed by atoms with E-state index in [1.807, 2.05) is 48.3 Å². The van der Waals surface area contributed by atoms with Gasteiger partial charge in [0.25, 0.3) is 0 Å². The molecule has 1 aromatic heterocycles. The summed E-state index contributed by atoms with van der Waals surface area (Å²) in [5.74, 6) is -0.671. The predicted octanol–water partition coefficient (Wildman–Crippen LogP) is 3.04. The fraction of sp³-hybridized carbons (Fsp3) is 0.500. The quantitative estimate of drug-likeness (QED) is 0.476. The number of aromatic nitrogens is 1. The van der Waals surface area contributed by atoms with Crippen molar-refractivity contribution in [2.24, 2.45) is 0 Å². The molecule has 1 amide bonds. The third-order valence-electron chi connectivity index (χ3n) is 4.76. The van der Waals surface area contributed by atoms with E-state index < -0.39 is 12.1 Å². The number of carbonyl (C=O) groups excluding carboxylic acids is 1. The monoisotopic (exact) mass is 386 g/mol. The number of piperidine rings is 1. The Morgan fingerprint density at radius 2 is 2.21 bits per heavy atom. The molecule has 2 N–H and O–H groups in total. The lowest BCUT2D eigenvalue weighted by molar-refractivity contribution is -0.137. The zero-order chi connectivity index (χ0) is 20.4. The van der Waals surface area contributed by atoms with Crippen molar-refractivity contribution in [3.8, 4) is 0 Å². The van der Waals surface area contributed by atoms with Crippen LogP contribution in [-0.2, 0) is 16.0 Å². The number of rotatable bonds is 10. The molecule has 1 unspecified atom stereocenters. The van der Waals surface area contributed by atoms with E-state index in [0.29, 0.717) is 32.2 Å². The fourth-order valence-corrected chi connectivity index (χ4v) is 3.31. The van der Waals surface area contributed by atoms with Crippen LogP contribution in [0.25, 0.3) is 0 Å². The topological polar surface area (TPSA) is 90.7 Å². The smallest absolute Gasteiger partial charge is 0.303 e. The number of aryl methyl sites for hydroxylation is 1. The van der Waals surface area contributed by atoms with Crippen LogP contribution in [0.15, 0.2) is 42.5 Å². The average Bonchev–Trinajstić information content (AvgIpc) is 2.64. The lowest BCUT2D eigenvalue weighted by Gasteiger charge is -2.33. The lowest BCUT2D eigenvalue weighted by atomic mass is 10.00. The highest BCUT2D eigenvalue weighted by Gasteiger charge is 2.25. The summed E-state index contributed by atoms with van der Waals surface area (Å²) in [6, 6.07) is 5.73. The van der Waals surface area contributed by atoms with Gasteiger partial charge in [0.1, 0.15) is 0 Å². The van der Waals surface area contributed by atoms with Gasteiger partial charge in [0.2, 0.25) is 5.91 Å². The van der Waals surface area contributed by atoms with Crippen molar-refractivity contribution in [3.05, 3.63) is 53.9 Å². The first-order valence-corrected chi connectivity index (χ1v) is 9.91. The molecule has 1 aliphatic heterocycles. The first-order chi connectivity index (χ1) is 13.5. The van der Waals surface area contributed by atoms with E-state index in [-0.39, 0.29) is 18.4 Å². The SMILES string of the molecule is Cc1cccc(CC(O)/C=C/[C@H]2CCCC(=O)N2C/C=C\CCCC(=O)O)n1. The summed E-state index contributed by atoms with van der Waals surface area (Å²) >= 11 is 0. The molecule has 152 valence electrons. The van der Waals surface area contributed by atoms with E-state index in [2.05, 4.69) is 4.98 Å². The number of aliphatic hydroxyl groups is 1. The van der Waals surface area contributed by atoms with E-state index in [4.69, 9.17) is 5.11 Å². The summed E-state index contributed by atoms with van der Waals surface area (Å²) in [6.07, 6.45) is 11.1. The van der Waals surface area contributed by atoms with Gasteiger partial charge in [-0.25, -0.2) is 0 Å². The normalized spacial score (nSPS) is 18.9. The summed E-state index contributed by atoms with van der Waals surface area (Å²) in [4.78, 5) is 29.0. The Morgan fingerprint density at radius 3 is 2.96 bits per heavy atom. The summed E-state index contributed by atoms with van der Waals surface area (Å²) in [7, 11) is 0. The molecule has 6 nitrogen and oxygen atoms in total. The van der Waals surface area contributed by atoms with Gasteiger partial charge >= 0.3 is 5.97 Å². The van der Waals surface area contributed by atoms with Crippen LogP contribution in [0.2, 0.25) is 0 Å². The van der Waals surface area contributed by atoms with Crippen molar-refractivity contribution in [1.29, 1.82) is 0 Å². The first kappa shape index (κ1) is 21.8. The average molecular weight is 386 g/mol. The number of carboxylic acids is 1. The molecule has 2 atom stereocenters. The third kappa shape index (κ3) is 7.64. The summed E-state index contributed by atoms with van der Waals surface area (Å²) in [5.41, 5.74) is 1.77. The van der Waals surface area contributed by atoms with Crippen LogP contribution >= 0.6 is 0 Å². The van der Waals surface area contributed by atoms with E-state index >= 15 is 0 Å². The highest BCUT2D eigenvalue weighted by molar-refractivity contribution is 5.77. The highest BCUT2D eigenvalue weighted by Crippen LogP contribution is 2.20. The van der Waals surface area contributed by atoms with Crippen molar-refractivity contribution >= 4 is 11.9 Å². The lowest BCUT2D eigenvalue weighted by Crippen LogP contribution is -2.42. The van der Waals surface area contributed by atoms with Gasteiger partial charge in [0, 0.05) is 37.2 Å². The van der Waals surface area contributed by atoms with E-state index in [1.54, 1.807) is 6.08 Å². The van der Waals surface area contributed by atoms with Crippen molar-refractivity contribution in [1.82, 2.24) is 9.88 Å². The minimum absolute atomic E-state index is 0.0231. The molecule has 0 aliphatic carbocycles. The summed E-state index contributed by atoms with van der Waals surface area (Å²) in [6.45, 7) is 2.43. The van der Waals surface area contributed by atoms with Gasteiger partial charge in [-0.15, -0.1) is 0 Å². The number of likely N-dealkylation sites (tertiary alicyclic amines) is 1. The molecular formula is C22H30N2O4. The second-order valence-corrected chi connectivity index (χ2v) is 7.19. The Morgan fingerprint density at radius 1 is 1.39 bits per heavy atom. The molecule has 28 heavy (non-hydrogen) atoms. The number of hydrogen-bond acceptors (Lipinski definition) is 4. The van der Waals surface area contributed by atoms with Crippen LogP contribution in [0.1, 0.15) is 49.9 Å². The summed E-state index contributed by atoms with van der Waals surface area (Å²) in [5, 5.41) is 18.9. The van der Waals surface area contributed by atoms with Gasteiger partial charge in [-0.05, 0) is 44.7 Å². The van der Waals surface area contributed by atoms with Crippen LogP contribution in [-0.4, -0.2) is 50.7 Å². The number of pyridine rings is 1. The standard InChI is InChI=1S/C22H30N2O4/c1-17-8-6-9-18(23-17)16-20(25)14-13-19-10-7-11-21(26)24(19)15-5-3-2-4-12-22(27)28/h3,5-6,8-9,13-14,19-20,25H,2,4,7,10-12,15-16H2,1H3,(H,27,28)/b5-3-,14-13+/t19-,20?/m1/s1. The molecular weight excluding hydrogens is 356 g/mol. The Kier molecular flexibility index (Phi) is 8.88. The Bertz CT molecular complexity index is 714. The zero-order valence-electron chi connectivity index (χ0n) is 16.5. The summed E-state index contributed by atoms with van der Waals surface area (Å²) < 4.78 is 0. The van der Waals surface area contributed by atoms with Crippen LogP contribution in [0.4, 0.5) is 0 Å². The zero-order valence-corrected chi connectivity index (χ0v) is 16.5. The van der Waals surface area contributed by atoms with Crippen molar-refractivity contribution < 1.29 is 19.8 Å². The molecule has 1 aliphatic rings. The number of aliphatic hydroxyl groups excluding tert-OH is 1. The van der Waals surface area contributed by atoms with Gasteiger partial charge in [-0.2, -0.15) is 0 Å². The number of amides is 1. The van der Waals surface area contributed by atoms with Gasteiger partial charge in [0.15, 0.2) is 0 Å². The Balaban J connectivity index is 1.87. The maximum absolute atomic E-state index is 12.3. The molecule has 0 aromatic carbocycles. The maximum atomic E-state index is 12.3. The van der Waals surface area contributed by atoms with Crippen LogP contribution < -0.4 is 0 Å². The van der Waals surface area contributed by atoms with Crippen molar-refractivity contribution in [2.45, 2.75) is 64.0 Å². The largest absolute Gasteiger partial charge is 0.481 e. The third-order valence-corrected chi connectivity index (χ3v) is 4.76. The van der Waals surface area contributed by atoms with Crippen molar-refractivity contribution in [3.63, 3.8) is 0 Å². The number of allylic oxidation sites excluding steroid dienone is 1. The van der Waals surface area contributed by atoms with E-state index in [1.165, 1.54) is 0 Å². The molecule has 2 rings (SSSR count). The first-order valence-electron chi connectivity index (χ1n) is 9.91. The van der Waals surface area contributed by atoms with Crippen LogP contribution in [0.5, 0.6) is 0 Å². The molecule has 1 aromatic rings. The molecule has 1 saturated heterocycles. The molecule has 1 fully saturated rings. The predicted molar refractivity (Wildman–Crippen MR) is 108 cm³/mol. The maximum Gasteiger partial charge on any atom is 0.303 e. The van der Waals surface area contributed by atoms with Gasteiger partial charge in [-0.1, -0.05) is 30.4 Å². The second kappa shape index (κ2) is 11.4. The Hall–Kier alpha value is -2.47. The number of carbonyl (C=O) groups is 2. The highest BCUT2D eigenvalue weighted by atomic mass is 16.4. The molecule has 6 heteroatoms. The van der Waals surface area contributed by atoms with Crippen molar-refractivity contribution in [2.75, 3.05) is 6.54 Å². The van der Waals surface area contributed by atoms with Crippen LogP contribution in [0.3, 0.4) is 0 Å². The number of hydrogen-bond donors (Lipinski definition) is 2. The molecule has 0 spiro atoms. The number of unbranched alkanes of at least 4 members (excludes halogenated alkanes) is 1. The number of aliphatic carboxylic acids is 1. The minimum Gasteiger partial charge on any atom is -0.481 e. The molecule has 0 saturated carbocycles. The second-order valence-electron chi connectivity index (χ2n) is 7.19. The van der Waals surface area contributed by atoms with Gasteiger partial charge in [-0.3, -0.25) is 14.6 Å². The van der Waals surface area contributed by atoms with E-state index in [9.17, 15) is 14.7 Å². The minimum atomic E-state index is -0.788. The molecule has 0 radical (unpaired) electrons. The van der Waals surface area contributed by atoms with Gasteiger partial charge < -0.3 is 15.1 Å². The Labute approximate surface area is 166 Å². The van der Waals surface area contributed by atoms with Gasteiger partial charge in [0.05, 0.1) is 12.1 Å². The molecule has 2 heterocycles. The number of nitrogens with zero attached hydrogens (tertiary/aromatic N) is 2. The number of carboxylic acid groups (broad SMARTS) is 1. The van der Waals surface area contributed by atoms with E-state index in [0.717, 1.165) is 24.2 Å².